The van der Waals surface area contributed by atoms with Gasteiger partial charge in [0, 0.05) is 12.0 Å². The Morgan fingerprint density at radius 1 is 1.00 bits per heavy atom. The fourth-order valence-corrected chi connectivity index (χ4v) is 4.43. The standard InChI is InChI=1S/C19H19Cl2NO/c1-23-15-3-4-16-13(10-15)12-22-8-6-19(16,7-9-22)14-2-5-17(20)18(21)11-14/h2-5,10-11H,6-9,12H2,1H3. The van der Waals surface area contributed by atoms with Crippen LogP contribution >= 0.6 is 23.2 Å². The highest BCUT2D eigenvalue weighted by Crippen LogP contribution is 2.47. The molecule has 2 nitrogen and oxygen atoms in total. The molecule has 0 radical (unpaired) electrons. The van der Waals surface area contributed by atoms with Crippen LogP contribution in [-0.4, -0.2) is 25.1 Å². The summed E-state index contributed by atoms with van der Waals surface area (Å²) in [7, 11) is 1.72. The lowest BCUT2D eigenvalue weighted by Crippen LogP contribution is -2.39. The van der Waals surface area contributed by atoms with Crippen LogP contribution in [0.4, 0.5) is 0 Å². The normalized spacial score (nSPS) is 25.8. The van der Waals surface area contributed by atoms with E-state index in [0.29, 0.717) is 10.0 Å². The van der Waals surface area contributed by atoms with Crippen molar-refractivity contribution in [1.29, 1.82) is 0 Å². The van der Waals surface area contributed by atoms with Gasteiger partial charge in [-0.2, -0.15) is 0 Å². The Hall–Kier alpha value is -1.22. The SMILES string of the molecule is COc1ccc2c(c1)CN1CCC2(c2ccc(Cl)c(Cl)c2)CC1. The molecule has 0 N–H and O–H groups in total. The second-order valence-corrected chi connectivity index (χ2v) is 7.32. The first kappa shape index (κ1) is 15.3. The van der Waals surface area contributed by atoms with Gasteiger partial charge < -0.3 is 4.74 Å². The maximum absolute atomic E-state index is 6.32. The topological polar surface area (TPSA) is 12.5 Å². The van der Waals surface area contributed by atoms with Crippen LogP contribution in [0.25, 0.3) is 0 Å². The molecule has 5 rings (SSSR count). The van der Waals surface area contributed by atoms with Crippen LogP contribution in [0.15, 0.2) is 36.4 Å². The van der Waals surface area contributed by atoms with E-state index < -0.39 is 0 Å². The lowest BCUT2D eigenvalue weighted by Gasteiger charge is -2.39. The molecule has 3 heterocycles. The van der Waals surface area contributed by atoms with Crippen molar-refractivity contribution in [2.24, 2.45) is 0 Å². The molecule has 2 aromatic carbocycles. The van der Waals surface area contributed by atoms with Gasteiger partial charge in [-0.1, -0.05) is 35.3 Å². The smallest absolute Gasteiger partial charge is 0.119 e. The number of hydrogen-bond donors (Lipinski definition) is 0. The van der Waals surface area contributed by atoms with Crippen molar-refractivity contribution in [3.8, 4) is 5.75 Å². The van der Waals surface area contributed by atoms with Crippen LogP contribution in [0.2, 0.25) is 10.0 Å². The van der Waals surface area contributed by atoms with Crippen LogP contribution in [-0.2, 0) is 12.0 Å². The maximum Gasteiger partial charge on any atom is 0.119 e. The van der Waals surface area contributed by atoms with Gasteiger partial charge in [0.15, 0.2) is 0 Å². The van der Waals surface area contributed by atoms with Crippen molar-refractivity contribution in [2.75, 3.05) is 20.2 Å². The summed E-state index contributed by atoms with van der Waals surface area (Å²) in [6.07, 6.45) is 2.23. The number of hydrogen-bond acceptors (Lipinski definition) is 2. The number of nitrogens with zero attached hydrogens (tertiary/aromatic N) is 1. The van der Waals surface area contributed by atoms with Crippen molar-refractivity contribution in [2.45, 2.75) is 24.8 Å². The van der Waals surface area contributed by atoms with Crippen LogP contribution in [0.1, 0.15) is 29.5 Å². The Morgan fingerprint density at radius 3 is 2.48 bits per heavy atom. The Labute approximate surface area is 147 Å². The molecule has 0 saturated carbocycles. The van der Waals surface area contributed by atoms with Crippen LogP contribution in [0.5, 0.6) is 5.75 Å². The highest BCUT2D eigenvalue weighted by atomic mass is 35.5. The summed E-state index contributed by atoms with van der Waals surface area (Å²) in [6.45, 7) is 3.21. The Bertz CT molecular complexity index is 751. The third-order valence-electron chi connectivity index (χ3n) is 5.40. The van der Waals surface area contributed by atoms with Crippen LogP contribution < -0.4 is 4.74 Å². The Balaban J connectivity index is 1.91. The van der Waals surface area contributed by atoms with Gasteiger partial charge in [0.1, 0.15) is 5.75 Å². The van der Waals surface area contributed by atoms with E-state index >= 15 is 0 Å². The Morgan fingerprint density at radius 2 is 1.78 bits per heavy atom. The van der Waals surface area contributed by atoms with Gasteiger partial charge >= 0.3 is 0 Å². The largest absolute Gasteiger partial charge is 0.497 e. The van der Waals surface area contributed by atoms with Gasteiger partial charge in [-0.3, -0.25) is 4.90 Å². The fraction of sp³-hybridized carbons (Fsp3) is 0.368. The number of methoxy groups -OCH3 is 1. The summed E-state index contributed by atoms with van der Waals surface area (Å²) < 4.78 is 5.43. The van der Waals surface area contributed by atoms with E-state index in [-0.39, 0.29) is 5.41 Å². The average Bonchev–Trinajstić information content (AvgIpc) is 2.83. The number of piperidine rings is 1. The van der Waals surface area contributed by atoms with Gasteiger partial charge in [0.25, 0.3) is 0 Å². The number of halogens is 2. The molecular weight excluding hydrogens is 329 g/mol. The summed E-state index contributed by atoms with van der Waals surface area (Å²) in [5.41, 5.74) is 4.09. The molecule has 0 amide bonds. The van der Waals surface area contributed by atoms with Gasteiger partial charge in [-0.25, -0.2) is 0 Å². The van der Waals surface area contributed by atoms with Gasteiger partial charge in [-0.15, -0.1) is 0 Å². The first-order valence-corrected chi connectivity index (χ1v) is 8.73. The van der Waals surface area contributed by atoms with Crippen molar-refractivity contribution in [1.82, 2.24) is 4.90 Å². The summed E-state index contributed by atoms with van der Waals surface area (Å²) in [4.78, 5) is 2.53. The quantitative estimate of drug-likeness (QED) is 0.766. The van der Waals surface area contributed by atoms with Gasteiger partial charge in [0.05, 0.1) is 17.2 Å². The van der Waals surface area contributed by atoms with Crippen molar-refractivity contribution < 1.29 is 4.74 Å². The number of ether oxygens (including phenoxy) is 1. The van der Waals surface area contributed by atoms with E-state index in [1.165, 1.54) is 16.7 Å². The van der Waals surface area contributed by atoms with E-state index in [0.717, 1.165) is 38.2 Å². The number of rotatable bonds is 2. The third-order valence-corrected chi connectivity index (χ3v) is 6.14. The predicted molar refractivity (Wildman–Crippen MR) is 94.7 cm³/mol. The summed E-state index contributed by atoms with van der Waals surface area (Å²) >= 11 is 12.5. The van der Waals surface area contributed by atoms with Crippen LogP contribution in [0, 0.1) is 0 Å². The first-order valence-electron chi connectivity index (χ1n) is 7.98. The zero-order chi connectivity index (χ0) is 16.0. The second-order valence-electron chi connectivity index (χ2n) is 6.51. The maximum atomic E-state index is 6.32. The summed E-state index contributed by atoms with van der Waals surface area (Å²) in [6, 6.07) is 12.6. The molecule has 0 atom stereocenters. The third kappa shape index (κ3) is 2.44. The lowest BCUT2D eigenvalue weighted by molar-refractivity contribution is 0.190. The number of fused-ring (bicyclic) bond motifs is 2. The fourth-order valence-electron chi connectivity index (χ4n) is 4.14. The average molecular weight is 348 g/mol. The molecule has 0 aliphatic carbocycles. The van der Waals surface area contributed by atoms with E-state index in [1.54, 1.807) is 7.11 Å². The summed E-state index contributed by atoms with van der Waals surface area (Å²) in [5, 5.41) is 1.26. The zero-order valence-corrected chi connectivity index (χ0v) is 14.6. The molecule has 0 spiro atoms. The molecule has 2 bridgehead atoms. The van der Waals surface area contributed by atoms with Crippen LogP contribution in [0.3, 0.4) is 0 Å². The molecule has 120 valence electrons. The van der Waals surface area contributed by atoms with E-state index in [4.69, 9.17) is 27.9 Å². The van der Waals surface area contributed by atoms with E-state index in [1.807, 2.05) is 6.07 Å². The van der Waals surface area contributed by atoms with Crippen molar-refractivity contribution in [3.05, 3.63) is 63.1 Å². The molecule has 1 saturated heterocycles. The molecule has 0 unspecified atom stereocenters. The predicted octanol–water partition coefficient (Wildman–Crippen LogP) is 4.90. The zero-order valence-electron chi connectivity index (χ0n) is 13.1. The minimum atomic E-state index is 0.0306. The molecule has 2 aromatic rings. The van der Waals surface area contributed by atoms with E-state index in [2.05, 4.69) is 35.2 Å². The highest BCUT2D eigenvalue weighted by Gasteiger charge is 2.42. The van der Waals surface area contributed by atoms with E-state index in [9.17, 15) is 0 Å². The molecule has 0 aromatic heterocycles. The molecule has 3 aliphatic heterocycles. The molecule has 3 aliphatic rings. The molecule has 23 heavy (non-hydrogen) atoms. The van der Waals surface area contributed by atoms with Crippen molar-refractivity contribution in [3.63, 3.8) is 0 Å². The lowest BCUT2D eigenvalue weighted by atomic mass is 9.68. The number of benzene rings is 2. The minimum Gasteiger partial charge on any atom is -0.497 e. The molecule has 4 heteroatoms. The van der Waals surface area contributed by atoms with Crippen molar-refractivity contribution >= 4 is 23.2 Å². The monoisotopic (exact) mass is 347 g/mol. The highest BCUT2D eigenvalue weighted by molar-refractivity contribution is 6.42. The molecular formula is C19H19Cl2NO. The van der Waals surface area contributed by atoms with Gasteiger partial charge in [-0.05, 0) is 66.9 Å². The molecule has 1 fully saturated rings. The second kappa shape index (κ2) is 5.70. The first-order chi connectivity index (χ1) is 11.1. The minimum absolute atomic E-state index is 0.0306. The summed E-state index contributed by atoms with van der Waals surface area (Å²) in [5.74, 6) is 0.926. The Kier molecular flexibility index (Phi) is 3.79. The van der Waals surface area contributed by atoms with Gasteiger partial charge in [0.2, 0.25) is 0 Å².